The van der Waals surface area contributed by atoms with Crippen LogP contribution in [0, 0.1) is 12.7 Å². The highest BCUT2D eigenvalue weighted by atomic mass is 35.5. The number of ether oxygens (including phenoxy) is 1. The Morgan fingerprint density at radius 2 is 1.77 bits per heavy atom. The van der Waals surface area contributed by atoms with E-state index < -0.39 is 28.5 Å². The monoisotopic (exact) mass is 678 g/mol. The first-order chi connectivity index (χ1) is 22.9. The van der Waals surface area contributed by atoms with Crippen molar-refractivity contribution < 1.29 is 27.1 Å². The second-order valence-electron chi connectivity index (χ2n) is 11.5. The van der Waals surface area contributed by atoms with Crippen molar-refractivity contribution in [1.29, 1.82) is 0 Å². The molecular weight excluding hydrogens is 648 g/mol. The van der Waals surface area contributed by atoms with Crippen LogP contribution < -0.4 is 4.74 Å². The third-order valence-electron chi connectivity index (χ3n) is 8.13. The van der Waals surface area contributed by atoms with Crippen molar-refractivity contribution in [3.05, 3.63) is 124 Å². The average molecular weight is 679 g/mol. The Balaban J connectivity index is 1.38. The molecule has 48 heavy (non-hydrogen) atoms. The summed E-state index contributed by atoms with van der Waals surface area (Å²) in [6.07, 6.45) is -0.907. The molecule has 4 heterocycles. The van der Waals surface area contributed by atoms with Gasteiger partial charge in [-0.15, -0.1) is 0 Å². The van der Waals surface area contributed by atoms with Gasteiger partial charge in [-0.3, -0.25) is 14.1 Å². The topological polar surface area (TPSA) is 67.4 Å². The maximum atomic E-state index is 14.6. The number of carbonyl (C=O) groups excluding carboxylic acids is 1. The number of benzene rings is 2. The molecule has 0 fully saturated rings. The van der Waals surface area contributed by atoms with Crippen LogP contribution in [0.15, 0.2) is 85.2 Å². The standard InChI is InChI=1S/C35H31ClF4N6O2/c1-22-17-24(11-13-28(22)37)33-32(42-30-8-6-9-31(48-3)46(30)33)34(47)44(20-23-10-12-26(27(36)18-23)35(38,39)40)16-15-43(2)21-25-19-41-29-7-4-5-14-45(25)29/h4-14,17-19H,15-16,20-21H2,1-3H3. The molecule has 0 atom stereocenters. The van der Waals surface area contributed by atoms with Gasteiger partial charge in [0.15, 0.2) is 11.6 Å². The molecule has 13 heteroatoms. The maximum Gasteiger partial charge on any atom is 0.417 e. The SMILES string of the molecule is COc1cccc2nc(C(=O)N(CCN(C)Cc3cnc4ccccn34)Cc3ccc(C(F)(F)F)c(Cl)c3)c(-c3ccc(F)c(C)c3)n12. The van der Waals surface area contributed by atoms with Gasteiger partial charge >= 0.3 is 6.18 Å². The summed E-state index contributed by atoms with van der Waals surface area (Å²) in [5.41, 5.74) is 3.02. The minimum absolute atomic E-state index is 0.0486. The number of rotatable bonds is 10. The third kappa shape index (κ3) is 6.58. The fourth-order valence-electron chi connectivity index (χ4n) is 5.69. The normalized spacial score (nSPS) is 11.9. The quantitative estimate of drug-likeness (QED) is 0.140. The molecule has 248 valence electrons. The predicted octanol–water partition coefficient (Wildman–Crippen LogP) is 7.55. The summed E-state index contributed by atoms with van der Waals surface area (Å²) in [5.74, 6) is -0.468. The Morgan fingerprint density at radius 1 is 0.979 bits per heavy atom. The highest BCUT2D eigenvalue weighted by molar-refractivity contribution is 6.31. The summed E-state index contributed by atoms with van der Waals surface area (Å²) < 4.78 is 64.0. The lowest BCUT2D eigenvalue weighted by Gasteiger charge is -2.26. The van der Waals surface area contributed by atoms with Gasteiger partial charge in [0.05, 0.1) is 35.3 Å². The van der Waals surface area contributed by atoms with Crippen LogP contribution in [-0.2, 0) is 19.3 Å². The highest BCUT2D eigenvalue weighted by Gasteiger charge is 2.33. The number of aromatic nitrogens is 4. The first-order valence-electron chi connectivity index (χ1n) is 15.0. The van der Waals surface area contributed by atoms with E-state index in [1.54, 1.807) is 47.9 Å². The Hall–Kier alpha value is -4.94. The fraction of sp³-hybridized carbons (Fsp3) is 0.229. The molecule has 0 bridgehead atoms. The van der Waals surface area contributed by atoms with Crippen LogP contribution in [-0.4, -0.2) is 61.7 Å². The van der Waals surface area contributed by atoms with Gasteiger partial charge in [-0.2, -0.15) is 13.2 Å². The van der Waals surface area contributed by atoms with Crippen molar-refractivity contribution in [2.24, 2.45) is 0 Å². The molecule has 0 N–H and O–H groups in total. The first kappa shape index (κ1) is 33.0. The Labute approximate surface area is 278 Å². The Kier molecular flexibility index (Phi) is 9.13. The summed E-state index contributed by atoms with van der Waals surface area (Å²) in [6, 6.07) is 18.9. The number of amides is 1. The fourth-order valence-corrected chi connectivity index (χ4v) is 6.00. The van der Waals surface area contributed by atoms with Crippen molar-refractivity contribution in [3.8, 4) is 17.1 Å². The summed E-state index contributed by atoms with van der Waals surface area (Å²) >= 11 is 6.07. The van der Waals surface area contributed by atoms with Gasteiger partial charge < -0.3 is 14.0 Å². The Morgan fingerprint density at radius 3 is 2.50 bits per heavy atom. The zero-order valence-electron chi connectivity index (χ0n) is 26.3. The number of likely N-dealkylation sites (N-methyl/N-ethyl adjacent to an activating group) is 1. The van der Waals surface area contributed by atoms with E-state index in [0.717, 1.165) is 17.4 Å². The second kappa shape index (κ2) is 13.3. The number of aryl methyl sites for hydroxylation is 1. The molecule has 0 aliphatic rings. The lowest BCUT2D eigenvalue weighted by molar-refractivity contribution is -0.137. The van der Waals surface area contributed by atoms with Crippen molar-refractivity contribution in [1.82, 2.24) is 28.6 Å². The van der Waals surface area contributed by atoms with Crippen molar-refractivity contribution in [3.63, 3.8) is 0 Å². The van der Waals surface area contributed by atoms with Gasteiger partial charge in [0.1, 0.15) is 17.1 Å². The van der Waals surface area contributed by atoms with Crippen LogP contribution in [0.25, 0.3) is 22.6 Å². The number of pyridine rings is 2. The zero-order chi connectivity index (χ0) is 34.2. The molecule has 4 aromatic heterocycles. The largest absolute Gasteiger partial charge is 0.482 e. The molecular formula is C35H31ClF4N6O2. The van der Waals surface area contributed by atoms with E-state index in [0.29, 0.717) is 47.0 Å². The maximum absolute atomic E-state index is 14.6. The van der Waals surface area contributed by atoms with Crippen molar-refractivity contribution in [2.45, 2.75) is 26.2 Å². The van der Waals surface area contributed by atoms with Gasteiger partial charge in [-0.25, -0.2) is 14.4 Å². The van der Waals surface area contributed by atoms with E-state index in [2.05, 4.69) is 4.98 Å². The van der Waals surface area contributed by atoms with Crippen molar-refractivity contribution >= 4 is 28.8 Å². The number of fused-ring (bicyclic) bond motifs is 2. The summed E-state index contributed by atoms with van der Waals surface area (Å²) in [6.45, 7) is 2.69. The van der Waals surface area contributed by atoms with Gasteiger partial charge in [-0.05, 0) is 79.7 Å². The van der Waals surface area contributed by atoms with E-state index in [9.17, 15) is 22.4 Å². The number of hydrogen-bond donors (Lipinski definition) is 0. The van der Waals surface area contributed by atoms with Gasteiger partial charge in [0.2, 0.25) is 0 Å². The molecule has 0 radical (unpaired) electrons. The third-order valence-corrected chi connectivity index (χ3v) is 8.44. The molecule has 0 aliphatic heterocycles. The van der Waals surface area contributed by atoms with E-state index in [1.165, 1.54) is 30.2 Å². The lowest BCUT2D eigenvalue weighted by Crippen LogP contribution is -2.37. The van der Waals surface area contributed by atoms with Crippen LogP contribution in [0.1, 0.15) is 32.9 Å². The van der Waals surface area contributed by atoms with Crippen LogP contribution in [0.3, 0.4) is 0 Å². The molecule has 0 spiro atoms. The van der Waals surface area contributed by atoms with Crippen LogP contribution >= 0.6 is 11.6 Å². The number of alkyl halides is 3. The van der Waals surface area contributed by atoms with Crippen molar-refractivity contribution in [2.75, 3.05) is 27.2 Å². The average Bonchev–Trinajstić information content (AvgIpc) is 3.65. The van der Waals surface area contributed by atoms with E-state index in [4.69, 9.17) is 21.3 Å². The van der Waals surface area contributed by atoms with Crippen LogP contribution in [0.4, 0.5) is 17.6 Å². The number of methoxy groups -OCH3 is 1. The second-order valence-corrected chi connectivity index (χ2v) is 11.9. The molecule has 0 unspecified atom stereocenters. The highest BCUT2D eigenvalue weighted by Crippen LogP contribution is 2.36. The van der Waals surface area contributed by atoms with E-state index in [-0.39, 0.29) is 18.8 Å². The molecule has 2 aromatic carbocycles. The number of halogens is 5. The number of carbonyl (C=O) groups is 1. The van der Waals surface area contributed by atoms with Crippen LogP contribution in [0.2, 0.25) is 5.02 Å². The number of nitrogens with zero attached hydrogens (tertiary/aromatic N) is 6. The Bertz CT molecular complexity index is 2130. The molecule has 8 nitrogen and oxygen atoms in total. The minimum Gasteiger partial charge on any atom is -0.482 e. The lowest BCUT2D eigenvalue weighted by atomic mass is 10.1. The minimum atomic E-state index is -4.62. The number of imidazole rings is 2. The molecule has 0 saturated carbocycles. The molecule has 6 aromatic rings. The van der Waals surface area contributed by atoms with E-state index in [1.807, 2.05) is 40.7 Å². The smallest absolute Gasteiger partial charge is 0.417 e. The summed E-state index contributed by atoms with van der Waals surface area (Å²) in [5, 5.41) is -0.461. The first-order valence-corrected chi connectivity index (χ1v) is 15.4. The molecule has 0 aliphatic carbocycles. The van der Waals surface area contributed by atoms with Gasteiger partial charge in [0, 0.05) is 37.9 Å². The van der Waals surface area contributed by atoms with Crippen LogP contribution in [0.5, 0.6) is 5.88 Å². The zero-order valence-corrected chi connectivity index (χ0v) is 27.1. The molecule has 6 rings (SSSR count). The predicted molar refractivity (Wildman–Crippen MR) is 175 cm³/mol. The van der Waals surface area contributed by atoms with E-state index >= 15 is 0 Å². The molecule has 1 amide bonds. The van der Waals surface area contributed by atoms with Gasteiger partial charge in [-0.1, -0.05) is 29.8 Å². The summed E-state index contributed by atoms with van der Waals surface area (Å²) in [7, 11) is 3.40. The molecule has 0 saturated heterocycles. The van der Waals surface area contributed by atoms with Gasteiger partial charge in [0.25, 0.3) is 5.91 Å². The summed E-state index contributed by atoms with van der Waals surface area (Å²) in [4.78, 5) is 27.3. The number of hydrogen-bond acceptors (Lipinski definition) is 5.